The summed E-state index contributed by atoms with van der Waals surface area (Å²) in [6, 6.07) is 4.68. The highest BCUT2D eigenvalue weighted by atomic mass is 79.9. The van der Waals surface area contributed by atoms with Crippen molar-refractivity contribution < 1.29 is 0 Å². The molecule has 1 saturated carbocycles. The first-order valence-corrected chi connectivity index (χ1v) is 9.59. The predicted molar refractivity (Wildman–Crippen MR) is 89.6 cm³/mol. The fraction of sp³-hybridized carbons (Fsp3) is 0.615. The van der Waals surface area contributed by atoms with E-state index in [1.807, 2.05) is 11.6 Å². The van der Waals surface area contributed by atoms with Gasteiger partial charge in [-0.25, -0.2) is 4.68 Å². The minimum Gasteiger partial charge on any atom is -0.327 e. The van der Waals surface area contributed by atoms with Crippen molar-refractivity contribution in [3.05, 3.63) is 20.8 Å². The van der Waals surface area contributed by atoms with Gasteiger partial charge in [-0.15, -0.1) is 16.4 Å². The highest BCUT2D eigenvalue weighted by molar-refractivity contribution is 9.11. The van der Waals surface area contributed by atoms with E-state index >= 15 is 0 Å². The largest absolute Gasteiger partial charge is 0.327 e. The standard InChI is InChI=1S/C13H18BrN5S2/c1-8(15)12(10-6-7-11(14)20-10)21-13-16-17-18-19(13)9-4-2-3-5-9/h6-9,12H,2-5,15H2,1H3. The van der Waals surface area contributed by atoms with Crippen LogP contribution in [-0.4, -0.2) is 26.2 Å². The van der Waals surface area contributed by atoms with Crippen molar-refractivity contribution in [2.45, 2.75) is 55.1 Å². The third-order valence-electron chi connectivity index (χ3n) is 3.72. The molecule has 2 aromatic heterocycles. The van der Waals surface area contributed by atoms with Crippen LogP contribution in [0.15, 0.2) is 21.1 Å². The Labute approximate surface area is 140 Å². The zero-order valence-corrected chi connectivity index (χ0v) is 15.0. The zero-order valence-electron chi connectivity index (χ0n) is 11.8. The van der Waals surface area contributed by atoms with Crippen LogP contribution in [0.1, 0.15) is 48.8 Å². The van der Waals surface area contributed by atoms with Gasteiger partial charge in [0.15, 0.2) is 0 Å². The minimum atomic E-state index is 0.0364. The van der Waals surface area contributed by atoms with E-state index in [2.05, 4.69) is 43.6 Å². The van der Waals surface area contributed by atoms with Crippen LogP contribution in [0.2, 0.25) is 0 Å². The molecule has 8 heteroatoms. The van der Waals surface area contributed by atoms with Crippen molar-refractivity contribution in [2.24, 2.45) is 5.73 Å². The number of nitrogens with two attached hydrogens (primary N) is 1. The first-order valence-electron chi connectivity index (χ1n) is 7.10. The smallest absolute Gasteiger partial charge is 0.210 e. The summed E-state index contributed by atoms with van der Waals surface area (Å²) in [5.74, 6) is 0. The zero-order chi connectivity index (χ0) is 14.8. The maximum absolute atomic E-state index is 6.19. The molecule has 5 nitrogen and oxygen atoms in total. The van der Waals surface area contributed by atoms with Crippen LogP contribution in [0.3, 0.4) is 0 Å². The number of aromatic nitrogens is 4. The Morgan fingerprint density at radius 3 is 2.81 bits per heavy atom. The molecule has 0 saturated heterocycles. The van der Waals surface area contributed by atoms with Crippen molar-refractivity contribution in [3.8, 4) is 0 Å². The average molecular weight is 388 g/mol. The van der Waals surface area contributed by atoms with E-state index in [1.165, 1.54) is 30.6 Å². The Bertz CT molecular complexity index is 591. The maximum atomic E-state index is 6.19. The summed E-state index contributed by atoms with van der Waals surface area (Å²) < 4.78 is 3.12. The van der Waals surface area contributed by atoms with Gasteiger partial charge in [-0.2, -0.15) is 0 Å². The van der Waals surface area contributed by atoms with Crippen LogP contribution >= 0.6 is 39.0 Å². The molecule has 0 spiro atoms. The number of hydrogen-bond acceptors (Lipinski definition) is 6. The second-order valence-corrected chi connectivity index (χ2v) is 8.99. The molecular weight excluding hydrogens is 370 g/mol. The van der Waals surface area contributed by atoms with E-state index in [-0.39, 0.29) is 11.3 Å². The lowest BCUT2D eigenvalue weighted by molar-refractivity contribution is 0.422. The molecule has 0 aliphatic heterocycles. The van der Waals surface area contributed by atoms with Crippen LogP contribution in [-0.2, 0) is 0 Å². The van der Waals surface area contributed by atoms with E-state index in [0.717, 1.165) is 8.94 Å². The third-order valence-corrected chi connectivity index (χ3v) is 6.99. The first kappa shape index (κ1) is 15.5. The number of rotatable bonds is 5. The molecular formula is C13H18BrN5S2. The summed E-state index contributed by atoms with van der Waals surface area (Å²) in [7, 11) is 0. The molecule has 0 radical (unpaired) electrons. The van der Waals surface area contributed by atoms with Crippen molar-refractivity contribution >= 4 is 39.0 Å². The molecule has 1 aliphatic rings. The third kappa shape index (κ3) is 3.49. The summed E-state index contributed by atoms with van der Waals surface area (Å²) in [6.07, 6.45) is 4.88. The van der Waals surface area contributed by atoms with Gasteiger partial charge < -0.3 is 5.73 Å². The number of thioether (sulfide) groups is 1. The Hall–Kier alpha value is -0.440. The number of nitrogens with zero attached hydrogens (tertiary/aromatic N) is 4. The van der Waals surface area contributed by atoms with Crippen LogP contribution in [0.25, 0.3) is 0 Å². The SMILES string of the molecule is CC(N)C(Sc1nnnn1C1CCCC1)c1ccc(Br)s1. The Balaban J connectivity index is 1.82. The van der Waals surface area contributed by atoms with Crippen molar-refractivity contribution in [1.82, 2.24) is 20.2 Å². The number of hydrogen-bond donors (Lipinski definition) is 1. The second-order valence-electron chi connectivity index (χ2n) is 5.38. The molecule has 2 unspecified atom stereocenters. The lowest BCUT2D eigenvalue weighted by Crippen LogP contribution is -2.22. The molecule has 1 aliphatic carbocycles. The summed E-state index contributed by atoms with van der Waals surface area (Å²) in [4.78, 5) is 1.25. The predicted octanol–water partition coefficient (Wildman–Crippen LogP) is 3.79. The fourth-order valence-electron chi connectivity index (χ4n) is 2.66. The lowest BCUT2D eigenvalue weighted by atomic mass is 10.2. The van der Waals surface area contributed by atoms with E-state index < -0.39 is 0 Å². The number of halogens is 1. The molecule has 2 atom stereocenters. The molecule has 0 bridgehead atoms. The van der Waals surface area contributed by atoms with E-state index in [4.69, 9.17) is 5.73 Å². The Morgan fingerprint density at radius 1 is 1.43 bits per heavy atom. The van der Waals surface area contributed by atoms with Gasteiger partial charge in [-0.3, -0.25) is 0 Å². The molecule has 3 rings (SSSR count). The highest BCUT2D eigenvalue weighted by Gasteiger charge is 2.26. The first-order chi connectivity index (χ1) is 10.1. The molecule has 2 heterocycles. The average Bonchev–Trinajstić information content (AvgIpc) is 3.16. The number of tetrazole rings is 1. The van der Waals surface area contributed by atoms with E-state index in [0.29, 0.717) is 6.04 Å². The van der Waals surface area contributed by atoms with Gasteiger partial charge in [0, 0.05) is 10.9 Å². The number of thiophene rings is 1. The maximum Gasteiger partial charge on any atom is 0.210 e. The topological polar surface area (TPSA) is 69.6 Å². The molecule has 2 N–H and O–H groups in total. The molecule has 1 fully saturated rings. The lowest BCUT2D eigenvalue weighted by Gasteiger charge is -2.19. The van der Waals surface area contributed by atoms with Crippen LogP contribution in [0.4, 0.5) is 0 Å². The Kier molecular flexibility index (Phi) is 4.98. The van der Waals surface area contributed by atoms with Crippen molar-refractivity contribution in [2.75, 3.05) is 0 Å². The summed E-state index contributed by atoms with van der Waals surface area (Å²) in [5.41, 5.74) is 6.19. The van der Waals surface area contributed by atoms with Crippen molar-refractivity contribution in [1.29, 1.82) is 0 Å². The van der Waals surface area contributed by atoms with Gasteiger partial charge in [0.1, 0.15) is 0 Å². The van der Waals surface area contributed by atoms with Crippen LogP contribution in [0.5, 0.6) is 0 Å². The quantitative estimate of drug-likeness (QED) is 0.790. The van der Waals surface area contributed by atoms with Gasteiger partial charge >= 0.3 is 0 Å². The highest BCUT2D eigenvalue weighted by Crippen LogP contribution is 2.42. The normalized spacial score (nSPS) is 19.0. The van der Waals surface area contributed by atoms with E-state index in [1.54, 1.807) is 23.1 Å². The van der Waals surface area contributed by atoms with Gasteiger partial charge in [0.2, 0.25) is 5.16 Å². The summed E-state index contributed by atoms with van der Waals surface area (Å²) >= 11 is 6.92. The van der Waals surface area contributed by atoms with Gasteiger partial charge in [0.25, 0.3) is 0 Å². The van der Waals surface area contributed by atoms with Gasteiger partial charge in [0.05, 0.1) is 15.1 Å². The van der Waals surface area contributed by atoms with Crippen molar-refractivity contribution in [3.63, 3.8) is 0 Å². The van der Waals surface area contributed by atoms with Gasteiger partial charge in [-0.1, -0.05) is 24.6 Å². The molecule has 21 heavy (non-hydrogen) atoms. The second kappa shape index (κ2) is 6.76. The van der Waals surface area contributed by atoms with Crippen LogP contribution < -0.4 is 5.73 Å². The molecule has 114 valence electrons. The Morgan fingerprint density at radius 2 is 2.19 bits per heavy atom. The summed E-state index contributed by atoms with van der Waals surface area (Å²) in [5, 5.41) is 13.3. The monoisotopic (exact) mass is 387 g/mol. The summed E-state index contributed by atoms with van der Waals surface area (Å²) in [6.45, 7) is 2.04. The van der Waals surface area contributed by atoms with E-state index in [9.17, 15) is 0 Å². The fourth-order valence-corrected chi connectivity index (χ4v) is 5.48. The molecule has 0 aromatic carbocycles. The molecule has 0 amide bonds. The molecule has 2 aromatic rings. The minimum absolute atomic E-state index is 0.0364. The van der Waals surface area contributed by atoms with Gasteiger partial charge in [-0.05, 0) is 58.3 Å². The van der Waals surface area contributed by atoms with Crippen LogP contribution in [0, 0.1) is 0 Å².